The highest BCUT2D eigenvalue weighted by molar-refractivity contribution is 5.84. The number of hydrogen-bond acceptors (Lipinski definition) is 2. The molecule has 0 bridgehead atoms. The van der Waals surface area contributed by atoms with E-state index in [1.54, 1.807) is 0 Å². The largest absolute Gasteiger partial charge is 0.358 e. The van der Waals surface area contributed by atoms with Gasteiger partial charge in [0.15, 0.2) is 0 Å². The van der Waals surface area contributed by atoms with Crippen LogP contribution in [0.4, 0.5) is 0 Å². The van der Waals surface area contributed by atoms with Crippen LogP contribution >= 0.6 is 0 Å². The lowest BCUT2D eigenvalue weighted by atomic mass is 10.1. The number of fused-ring (bicyclic) bond motifs is 3. The second-order valence-electron chi connectivity index (χ2n) is 4.53. The SMILES string of the molecule is CN(C)[C@@H]1Cc2[nH]c3ccncc3c2C1. The molecule has 0 saturated carbocycles. The van der Waals surface area contributed by atoms with Gasteiger partial charge in [-0.25, -0.2) is 0 Å². The Kier molecular flexibility index (Phi) is 1.83. The molecule has 2 aromatic rings. The van der Waals surface area contributed by atoms with Crippen molar-refractivity contribution < 1.29 is 0 Å². The predicted octanol–water partition coefficient (Wildman–Crippen LogP) is 1.59. The monoisotopic (exact) mass is 201 g/mol. The van der Waals surface area contributed by atoms with Gasteiger partial charge in [-0.05, 0) is 32.1 Å². The van der Waals surface area contributed by atoms with E-state index >= 15 is 0 Å². The van der Waals surface area contributed by atoms with Crippen LogP contribution in [0.3, 0.4) is 0 Å². The Balaban J connectivity index is 2.08. The first kappa shape index (κ1) is 8.92. The van der Waals surface area contributed by atoms with Crippen LogP contribution in [0.2, 0.25) is 0 Å². The fraction of sp³-hybridized carbons (Fsp3) is 0.417. The van der Waals surface area contributed by atoms with Crippen molar-refractivity contribution in [3.05, 3.63) is 29.7 Å². The maximum Gasteiger partial charge on any atom is 0.0490 e. The summed E-state index contributed by atoms with van der Waals surface area (Å²) in [6, 6.07) is 2.70. The highest BCUT2D eigenvalue weighted by atomic mass is 15.1. The second kappa shape index (κ2) is 3.07. The van der Waals surface area contributed by atoms with Crippen molar-refractivity contribution in [2.45, 2.75) is 18.9 Å². The summed E-state index contributed by atoms with van der Waals surface area (Å²) in [6.07, 6.45) is 6.10. The van der Waals surface area contributed by atoms with Gasteiger partial charge in [0.05, 0.1) is 0 Å². The Morgan fingerprint density at radius 2 is 2.27 bits per heavy atom. The summed E-state index contributed by atoms with van der Waals surface area (Å²) in [5.74, 6) is 0. The van der Waals surface area contributed by atoms with Gasteiger partial charge in [-0.3, -0.25) is 4.98 Å². The summed E-state index contributed by atoms with van der Waals surface area (Å²) >= 11 is 0. The van der Waals surface area contributed by atoms with Crippen molar-refractivity contribution in [1.82, 2.24) is 14.9 Å². The summed E-state index contributed by atoms with van der Waals surface area (Å²) in [5.41, 5.74) is 4.10. The second-order valence-corrected chi connectivity index (χ2v) is 4.53. The summed E-state index contributed by atoms with van der Waals surface area (Å²) in [6.45, 7) is 0. The molecule has 78 valence electrons. The molecule has 0 fully saturated rings. The molecule has 3 nitrogen and oxygen atoms in total. The summed E-state index contributed by atoms with van der Waals surface area (Å²) in [7, 11) is 4.30. The van der Waals surface area contributed by atoms with Crippen LogP contribution in [-0.2, 0) is 12.8 Å². The van der Waals surface area contributed by atoms with Crippen LogP contribution in [0.1, 0.15) is 11.3 Å². The van der Waals surface area contributed by atoms with E-state index < -0.39 is 0 Å². The quantitative estimate of drug-likeness (QED) is 0.760. The maximum atomic E-state index is 4.20. The van der Waals surface area contributed by atoms with Crippen LogP contribution < -0.4 is 0 Å². The summed E-state index contributed by atoms with van der Waals surface area (Å²) < 4.78 is 0. The molecule has 3 heteroatoms. The van der Waals surface area contributed by atoms with Gasteiger partial charge in [0.1, 0.15) is 0 Å². The lowest BCUT2D eigenvalue weighted by molar-refractivity contribution is 0.303. The van der Waals surface area contributed by atoms with Crippen molar-refractivity contribution in [1.29, 1.82) is 0 Å². The lowest BCUT2D eigenvalue weighted by Gasteiger charge is -2.18. The minimum Gasteiger partial charge on any atom is -0.358 e. The van der Waals surface area contributed by atoms with Crippen LogP contribution in [0.15, 0.2) is 18.5 Å². The van der Waals surface area contributed by atoms with Gasteiger partial charge >= 0.3 is 0 Å². The Labute approximate surface area is 89.1 Å². The number of likely N-dealkylation sites (N-methyl/N-ethyl adjacent to an activating group) is 1. The Hall–Kier alpha value is -1.35. The molecule has 0 aromatic carbocycles. The van der Waals surface area contributed by atoms with E-state index in [1.807, 2.05) is 12.4 Å². The Morgan fingerprint density at radius 1 is 1.40 bits per heavy atom. The number of rotatable bonds is 1. The third-order valence-corrected chi connectivity index (χ3v) is 3.41. The molecule has 3 rings (SSSR count). The first-order valence-corrected chi connectivity index (χ1v) is 5.35. The zero-order valence-corrected chi connectivity index (χ0v) is 9.12. The number of hydrogen-bond donors (Lipinski definition) is 1. The minimum absolute atomic E-state index is 0.649. The first-order chi connectivity index (χ1) is 7.25. The van der Waals surface area contributed by atoms with E-state index in [0.29, 0.717) is 6.04 Å². The maximum absolute atomic E-state index is 4.20. The molecule has 15 heavy (non-hydrogen) atoms. The Morgan fingerprint density at radius 3 is 3.07 bits per heavy atom. The van der Waals surface area contributed by atoms with Crippen molar-refractivity contribution in [2.24, 2.45) is 0 Å². The molecule has 0 radical (unpaired) electrons. The fourth-order valence-corrected chi connectivity index (χ4v) is 2.46. The smallest absolute Gasteiger partial charge is 0.0490 e. The van der Waals surface area contributed by atoms with E-state index in [1.165, 1.54) is 22.2 Å². The molecule has 2 heterocycles. The average molecular weight is 201 g/mol. The molecule has 0 unspecified atom stereocenters. The van der Waals surface area contributed by atoms with Crippen LogP contribution in [0.25, 0.3) is 10.9 Å². The molecule has 1 aliphatic carbocycles. The molecular weight excluding hydrogens is 186 g/mol. The molecule has 1 N–H and O–H groups in total. The molecule has 1 atom stereocenters. The van der Waals surface area contributed by atoms with Gasteiger partial charge in [0.2, 0.25) is 0 Å². The number of nitrogens with one attached hydrogen (secondary N) is 1. The molecule has 0 spiro atoms. The number of aromatic amines is 1. The predicted molar refractivity (Wildman–Crippen MR) is 61.0 cm³/mol. The highest BCUT2D eigenvalue weighted by Crippen LogP contribution is 2.30. The van der Waals surface area contributed by atoms with Gasteiger partial charge in [0, 0.05) is 41.5 Å². The van der Waals surface area contributed by atoms with Gasteiger partial charge < -0.3 is 9.88 Å². The Bertz CT molecular complexity index is 499. The normalized spacial score (nSPS) is 20.1. The zero-order chi connectivity index (χ0) is 10.4. The van der Waals surface area contributed by atoms with Gasteiger partial charge in [-0.1, -0.05) is 0 Å². The minimum atomic E-state index is 0.649. The standard InChI is InChI=1S/C12H15N3/c1-15(2)8-5-9-10-7-13-4-3-11(10)14-12(9)6-8/h3-4,7-8,14H,5-6H2,1-2H3/t8-/m0/s1. The van der Waals surface area contributed by atoms with E-state index in [-0.39, 0.29) is 0 Å². The van der Waals surface area contributed by atoms with Crippen LogP contribution in [0.5, 0.6) is 0 Å². The number of nitrogens with zero attached hydrogens (tertiary/aromatic N) is 2. The van der Waals surface area contributed by atoms with Crippen molar-refractivity contribution in [2.75, 3.05) is 14.1 Å². The summed E-state index contributed by atoms with van der Waals surface area (Å²) in [5, 5.41) is 1.30. The average Bonchev–Trinajstić information content (AvgIpc) is 2.73. The molecule has 1 aliphatic rings. The van der Waals surface area contributed by atoms with Gasteiger partial charge in [0.25, 0.3) is 0 Å². The van der Waals surface area contributed by atoms with Crippen LogP contribution in [0, 0.1) is 0 Å². The van der Waals surface area contributed by atoms with Gasteiger partial charge in [-0.2, -0.15) is 0 Å². The van der Waals surface area contributed by atoms with E-state index in [2.05, 4.69) is 35.0 Å². The molecule has 0 saturated heterocycles. The zero-order valence-electron chi connectivity index (χ0n) is 9.12. The first-order valence-electron chi connectivity index (χ1n) is 5.35. The van der Waals surface area contributed by atoms with Crippen molar-refractivity contribution >= 4 is 10.9 Å². The molecule has 2 aromatic heterocycles. The fourth-order valence-electron chi connectivity index (χ4n) is 2.46. The molecular formula is C12H15N3. The van der Waals surface area contributed by atoms with E-state index in [9.17, 15) is 0 Å². The topological polar surface area (TPSA) is 31.9 Å². The van der Waals surface area contributed by atoms with Gasteiger partial charge in [-0.15, -0.1) is 0 Å². The third kappa shape index (κ3) is 1.27. The highest BCUT2D eigenvalue weighted by Gasteiger charge is 2.26. The van der Waals surface area contributed by atoms with Crippen LogP contribution in [-0.4, -0.2) is 35.0 Å². The molecule has 0 amide bonds. The number of aromatic nitrogens is 2. The third-order valence-electron chi connectivity index (χ3n) is 3.41. The van der Waals surface area contributed by atoms with Crippen molar-refractivity contribution in [3.8, 4) is 0 Å². The number of pyridine rings is 1. The van der Waals surface area contributed by atoms with Crippen molar-refractivity contribution in [3.63, 3.8) is 0 Å². The number of H-pyrrole nitrogens is 1. The lowest BCUT2D eigenvalue weighted by Crippen LogP contribution is -2.28. The van der Waals surface area contributed by atoms with E-state index in [0.717, 1.165) is 12.8 Å². The molecule has 0 aliphatic heterocycles. The summed E-state index contributed by atoms with van der Waals surface area (Å²) in [4.78, 5) is 9.99. The van der Waals surface area contributed by atoms with E-state index in [4.69, 9.17) is 0 Å².